The quantitative estimate of drug-likeness (QED) is 0.781. The number of thiophene rings is 1. The summed E-state index contributed by atoms with van der Waals surface area (Å²) < 4.78 is 6.34. The van der Waals surface area contributed by atoms with Crippen molar-refractivity contribution in [1.82, 2.24) is 0 Å². The first-order chi connectivity index (χ1) is 7.37. The van der Waals surface area contributed by atoms with E-state index in [-0.39, 0.29) is 11.6 Å². The van der Waals surface area contributed by atoms with Crippen LogP contribution in [0.1, 0.15) is 25.6 Å². The molecule has 0 aliphatic heterocycles. The van der Waals surface area contributed by atoms with Crippen molar-refractivity contribution in [2.45, 2.75) is 32.1 Å². The molecule has 0 unspecified atom stereocenters. The number of hydrogen-bond acceptors (Lipinski definition) is 4. The molecule has 0 amide bonds. The van der Waals surface area contributed by atoms with Crippen LogP contribution in [0, 0.1) is 0 Å². The lowest BCUT2D eigenvalue weighted by atomic mass is 10.2. The molecule has 0 saturated heterocycles. The van der Waals surface area contributed by atoms with Gasteiger partial charge in [-0.2, -0.15) is 0 Å². The first kappa shape index (κ1) is 14.1. The number of carbonyl (C=O) groups is 1. The summed E-state index contributed by atoms with van der Waals surface area (Å²) in [4.78, 5) is 12.7. The summed E-state index contributed by atoms with van der Waals surface area (Å²) >= 11 is 6.69. The summed E-state index contributed by atoms with van der Waals surface area (Å²) in [5, 5.41) is 0. The first-order valence-electron chi connectivity index (χ1n) is 4.90. The Bertz CT molecular complexity index is 355. The van der Waals surface area contributed by atoms with Crippen molar-refractivity contribution in [2.75, 3.05) is 5.75 Å². The Morgan fingerprint density at radius 2 is 2.19 bits per heavy atom. The Morgan fingerprint density at radius 1 is 1.50 bits per heavy atom. The van der Waals surface area contributed by atoms with Gasteiger partial charge >= 0.3 is 5.97 Å². The standard InChI is InChI=1S/C11H15BrO2S2/c1-11(2,3)14-10(13)7-15-6-8-4-5-9(12)16-8/h4-5H,6-7H2,1-3H3. The molecule has 0 spiro atoms. The van der Waals surface area contributed by atoms with Gasteiger partial charge in [-0.05, 0) is 48.8 Å². The maximum atomic E-state index is 11.4. The maximum absolute atomic E-state index is 11.4. The normalized spacial score (nSPS) is 11.5. The average molecular weight is 323 g/mol. The second-order valence-electron chi connectivity index (χ2n) is 4.29. The molecule has 2 nitrogen and oxygen atoms in total. The fraction of sp³-hybridized carbons (Fsp3) is 0.545. The predicted molar refractivity (Wildman–Crippen MR) is 74.0 cm³/mol. The molecule has 1 rings (SSSR count). The van der Waals surface area contributed by atoms with Gasteiger partial charge in [-0.25, -0.2) is 0 Å². The molecule has 0 saturated carbocycles. The van der Waals surface area contributed by atoms with Crippen molar-refractivity contribution >= 4 is 45.0 Å². The molecule has 16 heavy (non-hydrogen) atoms. The van der Waals surface area contributed by atoms with E-state index in [1.165, 1.54) is 4.88 Å². The number of hydrogen-bond donors (Lipinski definition) is 0. The predicted octanol–water partition coefficient (Wildman–Crippen LogP) is 4.09. The molecule has 0 atom stereocenters. The molecule has 90 valence electrons. The van der Waals surface area contributed by atoms with E-state index in [9.17, 15) is 4.79 Å². The summed E-state index contributed by atoms with van der Waals surface area (Å²) in [6, 6.07) is 4.09. The van der Waals surface area contributed by atoms with Crippen LogP contribution >= 0.6 is 39.0 Å². The molecule has 1 aromatic heterocycles. The Morgan fingerprint density at radius 3 is 2.69 bits per heavy atom. The second-order valence-corrected chi connectivity index (χ2v) is 7.82. The number of ether oxygens (including phenoxy) is 1. The summed E-state index contributed by atoms with van der Waals surface area (Å²) in [5.41, 5.74) is -0.385. The van der Waals surface area contributed by atoms with E-state index in [4.69, 9.17) is 4.74 Å². The lowest BCUT2D eigenvalue weighted by molar-refractivity contribution is -0.151. The van der Waals surface area contributed by atoms with E-state index in [2.05, 4.69) is 22.0 Å². The molecule has 0 radical (unpaired) electrons. The Kier molecular flexibility index (Phi) is 5.34. The molecule has 5 heteroatoms. The molecular formula is C11H15BrO2S2. The largest absolute Gasteiger partial charge is 0.459 e. The van der Waals surface area contributed by atoms with Crippen molar-refractivity contribution in [3.05, 3.63) is 20.8 Å². The molecule has 1 aromatic rings. The molecule has 0 aliphatic rings. The van der Waals surface area contributed by atoms with Crippen LogP contribution in [-0.4, -0.2) is 17.3 Å². The third-order valence-corrected chi connectivity index (χ3v) is 4.27. The molecule has 0 aliphatic carbocycles. The molecular weight excluding hydrogens is 308 g/mol. The molecule has 0 bridgehead atoms. The van der Waals surface area contributed by atoms with Gasteiger partial charge in [-0.15, -0.1) is 23.1 Å². The molecule has 0 N–H and O–H groups in total. The highest BCUT2D eigenvalue weighted by molar-refractivity contribution is 9.11. The van der Waals surface area contributed by atoms with Gasteiger partial charge in [0.05, 0.1) is 9.54 Å². The second kappa shape index (κ2) is 6.07. The molecule has 0 fully saturated rings. The third-order valence-electron chi connectivity index (χ3n) is 1.51. The van der Waals surface area contributed by atoms with Gasteiger partial charge in [0, 0.05) is 10.6 Å². The Hall–Kier alpha value is -0.0000000000000000833. The van der Waals surface area contributed by atoms with E-state index in [0.29, 0.717) is 5.75 Å². The van der Waals surface area contributed by atoms with Crippen LogP contribution in [0.25, 0.3) is 0 Å². The van der Waals surface area contributed by atoms with Crippen LogP contribution in [0.15, 0.2) is 15.9 Å². The highest BCUT2D eigenvalue weighted by Crippen LogP contribution is 2.25. The number of carbonyl (C=O) groups excluding carboxylic acids is 1. The van der Waals surface area contributed by atoms with Crippen molar-refractivity contribution in [3.63, 3.8) is 0 Å². The lowest BCUT2D eigenvalue weighted by Crippen LogP contribution is -2.24. The minimum Gasteiger partial charge on any atom is -0.459 e. The number of rotatable bonds is 4. The SMILES string of the molecule is CC(C)(C)OC(=O)CSCc1ccc(Br)s1. The van der Waals surface area contributed by atoms with Gasteiger partial charge in [-0.3, -0.25) is 4.79 Å². The summed E-state index contributed by atoms with van der Waals surface area (Å²) in [7, 11) is 0. The van der Waals surface area contributed by atoms with Crippen LogP contribution < -0.4 is 0 Å². The summed E-state index contributed by atoms with van der Waals surface area (Å²) in [6.07, 6.45) is 0. The Balaban J connectivity index is 2.23. The number of esters is 1. The van der Waals surface area contributed by atoms with Crippen LogP contribution in [0.2, 0.25) is 0 Å². The van der Waals surface area contributed by atoms with Gasteiger partial charge in [-0.1, -0.05) is 0 Å². The third kappa shape index (κ3) is 5.92. The molecule has 1 heterocycles. The highest BCUT2D eigenvalue weighted by Gasteiger charge is 2.15. The van der Waals surface area contributed by atoms with Crippen LogP contribution in [-0.2, 0) is 15.3 Å². The van der Waals surface area contributed by atoms with Crippen LogP contribution in [0.5, 0.6) is 0 Å². The minimum atomic E-state index is -0.385. The van der Waals surface area contributed by atoms with Gasteiger partial charge < -0.3 is 4.74 Å². The monoisotopic (exact) mass is 322 g/mol. The van der Waals surface area contributed by atoms with Crippen LogP contribution in [0.4, 0.5) is 0 Å². The van der Waals surface area contributed by atoms with Crippen molar-refractivity contribution in [3.8, 4) is 0 Å². The van der Waals surface area contributed by atoms with Crippen molar-refractivity contribution in [1.29, 1.82) is 0 Å². The zero-order valence-electron chi connectivity index (χ0n) is 9.58. The summed E-state index contributed by atoms with van der Waals surface area (Å²) in [6.45, 7) is 5.64. The van der Waals surface area contributed by atoms with E-state index >= 15 is 0 Å². The van der Waals surface area contributed by atoms with Crippen molar-refractivity contribution < 1.29 is 9.53 Å². The van der Waals surface area contributed by atoms with Gasteiger partial charge in [0.1, 0.15) is 5.60 Å². The number of halogens is 1. The van der Waals surface area contributed by atoms with Crippen LogP contribution in [0.3, 0.4) is 0 Å². The highest BCUT2D eigenvalue weighted by atomic mass is 79.9. The fourth-order valence-electron chi connectivity index (χ4n) is 1.04. The van der Waals surface area contributed by atoms with Gasteiger partial charge in [0.25, 0.3) is 0 Å². The van der Waals surface area contributed by atoms with E-state index in [0.717, 1.165) is 9.54 Å². The van der Waals surface area contributed by atoms with E-state index in [1.54, 1.807) is 23.1 Å². The summed E-state index contributed by atoms with van der Waals surface area (Å²) in [5.74, 6) is 1.12. The maximum Gasteiger partial charge on any atom is 0.316 e. The fourth-order valence-corrected chi connectivity index (χ4v) is 3.42. The average Bonchev–Trinajstić information content (AvgIpc) is 2.48. The zero-order valence-corrected chi connectivity index (χ0v) is 12.8. The Labute approximate surface area is 113 Å². The van der Waals surface area contributed by atoms with E-state index in [1.807, 2.05) is 26.8 Å². The van der Waals surface area contributed by atoms with Gasteiger partial charge in [0.15, 0.2) is 0 Å². The van der Waals surface area contributed by atoms with Crippen molar-refractivity contribution in [2.24, 2.45) is 0 Å². The lowest BCUT2D eigenvalue weighted by Gasteiger charge is -2.19. The molecule has 0 aromatic carbocycles. The topological polar surface area (TPSA) is 26.3 Å². The zero-order chi connectivity index (χ0) is 12.2. The first-order valence-corrected chi connectivity index (χ1v) is 7.67. The van der Waals surface area contributed by atoms with E-state index < -0.39 is 0 Å². The number of thioether (sulfide) groups is 1. The van der Waals surface area contributed by atoms with Gasteiger partial charge in [0.2, 0.25) is 0 Å². The minimum absolute atomic E-state index is 0.145. The smallest absolute Gasteiger partial charge is 0.316 e.